The second kappa shape index (κ2) is 4.70. The molecule has 0 aliphatic carbocycles. The summed E-state index contributed by atoms with van der Waals surface area (Å²) < 4.78 is 5.90. The third kappa shape index (κ3) is 2.23. The molecule has 1 aliphatic rings. The van der Waals surface area contributed by atoms with Crippen molar-refractivity contribution in [3.8, 4) is 0 Å². The molecule has 0 aromatic heterocycles. The molecule has 0 radical (unpaired) electrons. The molecule has 0 saturated heterocycles. The van der Waals surface area contributed by atoms with Crippen LogP contribution in [0.5, 0.6) is 0 Å². The minimum atomic E-state index is 0.0337. The summed E-state index contributed by atoms with van der Waals surface area (Å²) in [6.45, 7) is 1.54. The van der Waals surface area contributed by atoms with Crippen LogP contribution in [0.2, 0.25) is 0 Å². The molecule has 86 valence electrons. The Kier molecular flexibility index (Phi) is 2.90. The van der Waals surface area contributed by atoms with Gasteiger partial charge in [0.05, 0.1) is 6.61 Å². The average Bonchev–Trinajstić information content (AvgIpc) is 2.81. The monoisotopic (exact) mass is 225 g/mol. The SMILES string of the molecule is c1ccc(COC2NCc3ccccc32)cc1. The maximum Gasteiger partial charge on any atom is 0.135 e. The second-order valence-electron chi connectivity index (χ2n) is 4.26. The van der Waals surface area contributed by atoms with Crippen molar-refractivity contribution in [2.45, 2.75) is 19.4 Å². The van der Waals surface area contributed by atoms with Crippen molar-refractivity contribution in [3.05, 3.63) is 71.3 Å². The van der Waals surface area contributed by atoms with Crippen molar-refractivity contribution in [1.29, 1.82) is 0 Å². The number of hydrogen-bond acceptors (Lipinski definition) is 2. The van der Waals surface area contributed by atoms with Crippen LogP contribution in [0.15, 0.2) is 54.6 Å². The molecule has 0 spiro atoms. The van der Waals surface area contributed by atoms with E-state index < -0.39 is 0 Å². The van der Waals surface area contributed by atoms with Crippen molar-refractivity contribution in [1.82, 2.24) is 5.32 Å². The van der Waals surface area contributed by atoms with Gasteiger partial charge in [0.1, 0.15) is 6.23 Å². The number of hydrogen-bond donors (Lipinski definition) is 1. The fourth-order valence-corrected chi connectivity index (χ4v) is 2.17. The topological polar surface area (TPSA) is 21.3 Å². The number of rotatable bonds is 3. The van der Waals surface area contributed by atoms with Crippen molar-refractivity contribution in [2.75, 3.05) is 0 Å². The van der Waals surface area contributed by atoms with E-state index in [1.807, 2.05) is 18.2 Å². The molecule has 2 aromatic rings. The third-order valence-electron chi connectivity index (χ3n) is 3.07. The standard InChI is InChI=1S/C15H15NO/c1-2-6-12(7-3-1)11-17-15-14-9-5-4-8-13(14)10-16-15/h1-9,15-16H,10-11H2. The van der Waals surface area contributed by atoms with E-state index in [0.717, 1.165) is 6.54 Å². The Balaban J connectivity index is 1.68. The van der Waals surface area contributed by atoms with Gasteiger partial charge in [0, 0.05) is 6.54 Å². The smallest absolute Gasteiger partial charge is 0.135 e. The fraction of sp³-hybridized carbons (Fsp3) is 0.200. The van der Waals surface area contributed by atoms with Gasteiger partial charge in [-0.15, -0.1) is 0 Å². The zero-order valence-electron chi connectivity index (χ0n) is 9.60. The first kappa shape index (κ1) is 10.5. The van der Waals surface area contributed by atoms with Crippen LogP contribution < -0.4 is 5.32 Å². The maximum absolute atomic E-state index is 5.90. The van der Waals surface area contributed by atoms with Gasteiger partial charge in [-0.05, 0) is 16.7 Å². The van der Waals surface area contributed by atoms with E-state index in [1.54, 1.807) is 0 Å². The zero-order chi connectivity index (χ0) is 11.5. The molecule has 1 N–H and O–H groups in total. The summed E-state index contributed by atoms with van der Waals surface area (Å²) in [6.07, 6.45) is 0.0337. The van der Waals surface area contributed by atoms with Crippen LogP contribution in [0, 0.1) is 0 Å². The molecule has 1 heterocycles. The lowest BCUT2D eigenvalue weighted by atomic mass is 10.1. The largest absolute Gasteiger partial charge is 0.354 e. The highest BCUT2D eigenvalue weighted by Gasteiger charge is 2.21. The van der Waals surface area contributed by atoms with Gasteiger partial charge in [0.15, 0.2) is 0 Å². The Morgan fingerprint density at radius 1 is 1.00 bits per heavy atom. The molecule has 1 atom stereocenters. The van der Waals surface area contributed by atoms with Crippen LogP contribution in [-0.4, -0.2) is 0 Å². The Hall–Kier alpha value is -1.64. The number of ether oxygens (including phenoxy) is 1. The first-order valence-electron chi connectivity index (χ1n) is 5.90. The first-order chi connectivity index (χ1) is 8.43. The Morgan fingerprint density at radius 3 is 2.65 bits per heavy atom. The van der Waals surface area contributed by atoms with Crippen molar-refractivity contribution in [2.24, 2.45) is 0 Å². The van der Waals surface area contributed by atoms with Gasteiger partial charge in [-0.3, -0.25) is 5.32 Å². The van der Waals surface area contributed by atoms with E-state index in [4.69, 9.17) is 4.74 Å². The lowest BCUT2D eigenvalue weighted by molar-refractivity contribution is 0.0232. The Labute approximate surface area is 101 Å². The van der Waals surface area contributed by atoms with Crippen LogP contribution >= 0.6 is 0 Å². The van der Waals surface area contributed by atoms with Gasteiger partial charge >= 0.3 is 0 Å². The predicted molar refractivity (Wildman–Crippen MR) is 67.3 cm³/mol. The summed E-state index contributed by atoms with van der Waals surface area (Å²) in [5.41, 5.74) is 3.81. The predicted octanol–water partition coefficient (Wildman–Crippen LogP) is 3.01. The van der Waals surface area contributed by atoms with E-state index >= 15 is 0 Å². The second-order valence-corrected chi connectivity index (χ2v) is 4.26. The van der Waals surface area contributed by atoms with Crippen molar-refractivity contribution < 1.29 is 4.74 Å². The molecule has 0 bridgehead atoms. The Bertz CT molecular complexity index is 495. The molecular formula is C15H15NO. The van der Waals surface area contributed by atoms with Gasteiger partial charge in [-0.2, -0.15) is 0 Å². The Morgan fingerprint density at radius 2 is 1.76 bits per heavy atom. The van der Waals surface area contributed by atoms with Crippen LogP contribution in [0.1, 0.15) is 22.9 Å². The molecule has 2 nitrogen and oxygen atoms in total. The summed E-state index contributed by atoms with van der Waals surface area (Å²) in [6, 6.07) is 18.7. The number of fused-ring (bicyclic) bond motifs is 1. The van der Waals surface area contributed by atoms with Crippen LogP contribution in [-0.2, 0) is 17.9 Å². The van der Waals surface area contributed by atoms with Crippen molar-refractivity contribution >= 4 is 0 Å². The van der Waals surface area contributed by atoms with Gasteiger partial charge in [-0.25, -0.2) is 0 Å². The molecule has 0 saturated carbocycles. The molecular weight excluding hydrogens is 210 g/mol. The van der Waals surface area contributed by atoms with Gasteiger partial charge < -0.3 is 4.74 Å². The average molecular weight is 225 g/mol. The van der Waals surface area contributed by atoms with E-state index in [1.165, 1.54) is 16.7 Å². The van der Waals surface area contributed by atoms with E-state index in [2.05, 4.69) is 41.7 Å². The normalized spacial score (nSPS) is 18.0. The van der Waals surface area contributed by atoms with Crippen molar-refractivity contribution in [3.63, 3.8) is 0 Å². The lowest BCUT2D eigenvalue weighted by Crippen LogP contribution is -2.15. The molecule has 0 amide bonds. The summed E-state index contributed by atoms with van der Waals surface area (Å²) in [5, 5.41) is 3.37. The highest BCUT2D eigenvalue weighted by molar-refractivity contribution is 5.32. The van der Waals surface area contributed by atoms with Gasteiger partial charge in [0.25, 0.3) is 0 Å². The molecule has 3 rings (SSSR count). The minimum absolute atomic E-state index is 0.0337. The third-order valence-corrected chi connectivity index (χ3v) is 3.07. The first-order valence-corrected chi connectivity index (χ1v) is 5.90. The number of nitrogens with one attached hydrogen (secondary N) is 1. The van der Waals surface area contributed by atoms with Gasteiger partial charge in [0.2, 0.25) is 0 Å². The summed E-state index contributed by atoms with van der Waals surface area (Å²) in [5.74, 6) is 0. The summed E-state index contributed by atoms with van der Waals surface area (Å²) in [7, 11) is 0. The quantitative estimate of drug-likeness (QED) is 0.867. The fourth-order valence-electron chi connectivity index (χ4n) is 2.17. The molecule has 0 fully saturated rings. The maximum atomic E-state index is 5.90. The molecule has 2 heteroatoms. The van der Waals surface area contributed by atoms with E-state index in [0.29, 0.717) is 6.61 Å². The highest BCUT2D eigenvalue weighted by Crippen LogP contribution is 2.26. The summed E-state index contributed by atoms with van der Waals surface area (Å²) in [4.78, 5) is 0. The van der Waals surface area contributed by atoms with Crippen LogP contribution in [0.25, 0.3) is 0 Å². The minimum Gasteiger partial charge on any atom is -0.354 e. The molecule has 1 aliphatic heterocycles. The van der Waals surface area contributed by atoms with E-state index in [9.17, 15) is 0 Å². The van der Waals surface area contributed by atoms with E-state index in [-0.39, 0.29) is 6.23 Å². The van der Waals surface area contributed by atoms with Crippen LogP contribution in [0.3, 0.4) is 0 Å². The molecule has 2 aromatic carbocycles. The summed E-state index contributed by atoms with van der Waals surface area (Å²) >= 11 is 0. The lowest BCUT2D eigenvalue weighted by Gasteiger charge is -2.13. The van der Waals surface area contributed by atoms with Crippen LogP contribution in [0.4, 0.5) is 0 Å². The van der Waals surface area contributed by atoms with Gasteiger partial charge in [-0.1, -0.05) is 54.6 Å². The number of benzene rings is 2. The molecule has 17 heavy (non-hydrogen) atoms. The highest BCUT2D eigenvalue weighted by atomic mass is 16.5. The molecule has 1 unspecified atom stereocenters. The zero-order valence-corrected chi connectivity index (χ0v) is 9.60.